The Morgan fingerprint density at radius 2 is 1.74 bits per heavy atom. The van der Waals surface area contributed by atoms with E-state index in [9.17, 15) is 4.79 Å². The molecule has 1 heterocycles. The highest BCUT2D eigenvalue weighted by molar-refractivity contribution is 7.98. The molecule has 142 valence electrons. The van der Waals surface area contributed by atoms with Crippen molar-refractivity contribution in [3.8, 4) is 0 Å². The number of nitrogens with one attached hydrogen (secondary N) is 1. The molecule has 27 heavy (non-hydrogen) atoms. The van der Waals surface area contributed by atoms with Gasteiger partial charge < -0.3 is 5.32 Å². The Morgan fingerprint density at radius 1 is 1.15 bits per heavy atom. The predicted octanol–water partition coefficient (Wildman–Crippen LogP) is 6.00. The van der Waals surface area contributed by atoms with Gasteiger partial charge in [-0.2, -0.15) is 16.9 Å². The Balaban J connectivity index is 1.84. The normalized spacial score (nSPS) is 19.1. The molecule has 0 aliphatic carbocycles. The number of amides is 2. The number of hydrogen-bond acceptors (Lipinski definition) is 3. The van der Waals surface area contributed by atoms with Gasteiger partial charge in [0.1, 0.15) is 0 Å². The van der Waals surface area contributed by atoms with E-state index in [4.69, 9.17) is 23.2 Å². The number of nitrogens with zero attached hydrogens (tertiary/aromatic N) is 2. The van der Waals surface area contributed by atoms with Crippen LogP contribution < -0.4 is 5.32 Å². The first kappa shape index (κ1) is 20.1. The quantitative estimate of drug-likeness (QED) is 0.642. The molecule has 2 amide bonds. The van der Waals surface area contributed by atoms with Crippen molar-refractivity contribution < 1.29 is 4.79 Å². The van der Waals surface area contributed by atoms with Gasteiger partial charge in [-0.3, -0.25) is 0 Å². The van der Waals surface area contributed by atoms with Crippen LogP contribution in [0.3, 0.4) is 0 Å². The Morgan fingerprint density at radius 3 is 2.33 bits per heavy atom. The molecule has 0 bridgehead atoms. The van der Waals surface area contributed by atoms with E-state index >= 15 is 0 Å². The van der Waals surface area contributed by atoms with Crippen LogP contribution in [-0.2, 0) is 0 Å². The molecular weight excluding hydrogens is 401 g/mol. The van der Waals surface area contributed by atoms with E-state index in [-0.39, 0.29) is 11.4 Å². The fourth-order valence-corrected chi connectivity index (χ4v) is 3.97. The topological polar surface area (TPSA) is 44.7 Å². The zero-order valence-corrected chi connectivity index (χ0v) is 17.5. The molecule has 1 atom stereocenters. The summed E-state index contributed by atoms with van der Waals surface area (Å²) in [5.41, 5.74) is 2.38. The summed E-state index contributed by atoms with van der Waals surface area (Å²) < 4.78 is 0. The van der Waals surface area contributed by atoms with Crippen molar-refractivity contribution in [3.05, 3.63) is 64.1 Å². The van der Waals surface area contributed by atoms with Crippen LogP contribution in [-0.4, -0.2) is 35.3 Å². The number of carbonyl (C=O) groups excluding carboxylic acids is 1. The van der Waals surface area contributed by atoms with Gasteiger partial charge in [0.2, 0.25) is 0 Å². The summed E-state index contributed by atoms with van der Waals surface area (Å²) in [4.78, 5) is 12.7. The van der Waals surface area contributed by atoms with Gasteiger partial charge in [-0.15, -0.1) is 0 Å². The van der Waals surface area contributed by atoms with E-state index in [0.29, 0.717) is 22.3 Å². The number of thioether (sulfide) groups is 1. The fourth-order valence-electron chi connectivity index (χ4n) is 3.06. The third-order valence-corrected chi connectivity index (χ3v) is 5.71. The minimum atomic E-state index is -0.253. The summed E-state index contributed by atoms with van der Waals surface area (Å²) in [7, 11) is 0. The van der Waals surface area contributed by atoms with Crippen molar-refractivity contribution in [1.29, 1.82) is 0 Å². The highest BCUT2D eigenvalue weighted by Gasteiger charge is 2.40. The van der Waals surface area contributed by atoms with Gasteiger partial charge in [-0.25, -0.2) is 9.80 Å². The predicted molar refractivity (Wildman–Crippen MR) is 116 cm³/mol. The Kier molecular flexibility index (Phi) is 6.35. The molecule has 1 aliphatic rings. The van der Waals surface area contributed by atoms with Crippen molar-refractivity contribution in [1.82, 2.24) is 5.01 Å². The highest BCUT2D eigenvalue weighted by Crippen LogP contribution is 2.36. The standard InChI is InChI=1S/C20H21Cl2N3OS/c1-20(11-12-27-2)13-25(19(26)23-17-9-7-16(22)8-10-17)24-18(20)14-3-5-15(21)6-4-14/h3-10H,11-13H2,1-2H3,(H,23,26). The van der Waals surface area contributed by atoms with Crippen molar-refractivity contribution in [3.63, 3.8) is 0 Å². The minimum absolute atomic E-state index is 0.214. The van der Waals surface area contributed by atoms with E-state index in [1.54, 1.807) is 36.0 Å². The van der Waals surface area contributed by atoms with Crippen molar-refractivity contribution in [2.24, 2.45) is 10.5 Å². The van der Waals surface area contributed by atoms with Crippen LogP contribution in [0, 0.1) is 5.41 Å². The average Bonchev–Trinajstić information content (AvgIpc) is 3.01. The van der Waals surface area contributed by atoms with Gasteiger partial charge in [0, 0.05) is 21.1 Å². The molecule has 1 aliphatic heterocycles. The first-order valence-electron chi connectivity index (χ1n) is 8.59. The van der Waals surface area contributed by atoms with Crippen LogP contribution in [0.1, 0.15) is 18.9 Å². The molecule has 0 saturated heterocycles. The first-order valence-corrected chi connectivity index (χ1v) is 10.7. The summed E-state index contributed by atoms with van der Waals surface area (Å²) >= 11 is 13.7. The maximum Gasteiger partial charge on any atom is 0.342 e. The largest absolute Gasteiger partial charge is 0.342 e. The Labute approximate surface area is 173 Å². The zero-order valence-electron chi connectivity index (χ0n) is 15.2. The van der Waals surface area contributed by atoms with Crippen molar-refractivity contribution >= 4 is 52.4 Å². The average molecular weight is 422 g/mol. The molecule has 2 aromatic carbocycles. The lowest BCUT2D eigenvalue weighted by molar-refractivity contribution is 0.207. The van der Waals surface area contributed by atoms with Crippen molar-refractivity contribution in [2.45, 2.75) is 13.3 Å². The van der Waals surface area contributed by atoms with Gasteiger partial charge in [0.05, 0.1) is 12.3 Å². The number of carbonyl (C=O) groups is 1. The summed E-state index contributed by atoms with van der Waals surface area (Å²) in [6, 6.07) is 14.4. The van der Waals surface area contributed by atoms with Gasteiger partial charge in [-0.1, -0.05) is 42.3 Å². The molecule has 0 aromatic heterocycles. The molecule has 0 fully saturated rings. The smallest absolute Gasteiger partial charge is 0.306 e. The lowest BCUT2D eigenvalue weighted by Gasteiger charge is -2.26. The maximum atomic E-state index is 12.7. The fraction of sp³-hybridized carbons (Fsp3) is 0.300. The Bertz CT molecular complexity index is 839. The molecular formula is C20H21Cl2N3OS. The van der Waals surface area contributed by atoms with Crippen LogP contribution in [0.5, 0.6) is 0 Å². The van der Waals surface area contributed by atoms with Crippen LogP contribution in [0.2, 0.25) is 10.0 Å². The molecule has 3 rings (SSSR count). The molecule has 0 radical (unpaired) electrons. The number of hydrogen-bond donors (Lipinski definition) is 1. The van der Waals surface area contributed by atoms with E-state index in [0.717, 1.165) is 23.4 Å². The van der Waals surface area contributed by atoms with Gasteiger partial charge in [-0.05, 0) is 60.4 Å². The lowest BCUT2D eigenvalue weighted by Crippen LogP contribution is -2.36. The molecule has 7 heteroatoms. The van der Waals surface area contributed by atoms with E-state index in [1.165, 1.54) is 5.01 Å². The van der Waals surface area contributed by atoms with Crippen molar-refractivity contribution in [2.75, 3.05) is 23.9 Å². The molecule has 0 spiro atoms. The van der Waals surface area contributed by atoms with Crippen LogP contribution in [0.15, 0.2) is 53.6 Å². The zero-order chi connectivity index (χ0) is 19.4. The maximum absolute atomic E-state index is 12.7. The third kappa shape index (κ3) is 4.78. The lowest BCUT2D eigenvalue weighted by atomic mass is 9.80. The van der Waals surface area contributed by atoms with Gasteiger partial charge in [0.25, 0.3) is 0 Å². The molecule has 4 nitrogen and oxygen atoms in total. The summed E-state index contributed by atoms with van der Waals surface area (Å²) in [5, 5.41) is 10.4. The number of hydrazone groups is 1. The van der Waals surface area contributed by atoms with Crippen LogP contribution in [0.4, 0.5) is 10.5 Å². The SMILES string of the molecule is CSCCC1(C)CN(C(=O)Nc2ccc(Cl)cc2)N=C1c1ccc(Cl)cc1. The molecule has 0 saturated carbocycles. The second kappa shape index (κ2) is 8.55. The number of anilines is 1. The minimum Gasteiger partial charge on any atom is -0.306 e. The second-order valence-corrected chi connectivity index (χ2v) is 8.61. The first-order chi connectivity index (χ1) is 12.9. The van der Waals surface area contributed by atoms with Gasteiger partial charge >= 0.3 is 6.03 Å². The molecule has 1 unspecified atom stereocenters. The number of urea groups is 1. The second-order valence-electron chi connectivity index (χ2n) is 6.75. The number of benzene rings is 2. The Hall–Kier alpha value is -1.69. The number of halogens is 2. The van der Waals surface area contributed by atoms with E-state index in [1.807, 2.05) is 24.3 Å². The van der Waals surface area contributed by atoms with E-state index < -0.39 is 0 Å². The molecule has 2 aromatic rings. The van der Waals surface area contributed by atoms with Gasteiger partial charge in [0.15, 0.2) is 0 Å². The highest BCUT2D eigenvalue weighted by atomic mass is 35.5. The third-order valence-electron chi connectivity index (χ3n) is 4.60. The number of rotatable bonds is 5. The summed E-state index contributed by atoms with van der Waals surface area (Å²) in [6.45, 7) is 2.69. The van der Waals surface area contributed by atoms with E-state index in [2.05, 4.69) is 23.6 Å². The molecule has 1 N–H and O–H groups in total. The summed E-state index contributed by atoms with van der Waals surface area (Å²) in [6.07, 6.45) is 3.02. The monoisotopic (exact) mass is 421 g/mol. The van der Waals surface area contributed by atoms with Crippen LogP contribution >= 0.6 is 35.0 Å². The van der Waals surface area contributed by atoms with Crippen LogP contribution in [0.25, 0.3) is 0 Å². The summed E-state index contributed by atoms with van der Waals surface area (Å²) in [5.74, 6) is 0.996.